The Kier molecular flexibility index (Phi) is 6.52. The van der Waals surface area contributed by atoms with Crippen molar-refractivity contribution in [2.75, 3.05) is 39.3 Å². The maximum Gasteiger partial charge on any atom is 0.225 e. The van der Waals surface area contributed by atoms with Crippen LogP contribution in [0.3, 0.4) is 0 Å². The molecule has 0 radical (unpaired) electrons. The summed E-state index contributed by atoms with van der Waals surface area (Å²) in [5.74, 6) is 0.570. The quantitative estimate of drug-likeness (QED) is 0.778. The Bertz CT molecular complexity index is 229. The molecule has 0 spiro atoms. The van der Waals surface area contributed by atoms with Gasteiger partial charge in [-0.1, -0.05) is 13.8 Å². The largest absolute Gasteiger partial charge is 0.341 e. The van der Waals surface area contributed by atoms with Crippen molar-refractivity contribution < 1.29 is 4.79 Å². The molecular weight excluding hydrogens is 214 g/mol. The number of rotatable bonds is 5. The van der Waals surface area contributed by atoms with Crippen LogP contribution in [0.2, 0.25) is 0 Å². The number of hydrogen-bond acceptors (Lipinski definition) is 3. The summed E-state index contributed by atoms with van der Waals surface area (Å²) in [6.45, 7) is 9.70. The molecule has 4 heteroatoms. The van der Waals surface area contributed by atoms with Gasteiger partial charge in [-0.15, -0.1) is 0 Å². The normalized spacial score (nSPS) is 18.5. The number of carbonyl (C=O) groups is 1. The Labute approximate surface area is 105 Å². The summed E-state index contributed by atoms with van der Waals surface area (Å²) in [5, 5.41) is 0. The van der Waals surface area contributed by atoms with Crippen LogP contribution in [0.25, 0.3) is 0 Å². The van der Waals surface area contributed by atoms with E-state index in [1.54, 1.807) is 0 Å². The van der Waals surface area contributed by atoms with Crippen LogP contribution in [0.4, 0.5) is 0 Å². The van der Waals surface area contributed by atoms with E-state index in [4.69, 9.17) is 5.73 Å². The third kappa shape index (κ3) is 4.28. The molecule has 17 heavy (non-hydrogen) atoms. The molecule has 1 aliphatic heterocycles. The van der Waals surface area contributed by atoms with Crippen LogP contribution < -0.4 is 5.73 Å². The topological polar surface area (TPSA) is 49.6 Å². The summed E-state index contributed by atoms with van der Waals surface area (Å²) in [7, 11) is 0. The van der Waals surface area contributed by atoms with E-state index < -0.39 is 0 Å². The Hall–Kier alpha value is -0.610. The fourth-order valence-electron chi connectivity index (χ4n) is 2.49. The lowest BCUT2D eigenvalue weighted by molar-refractivity contribution is -0.135. The lowest BCUT2D eigenvalue weighted by atomic mass is 10.0. The summed E-state index contributed by atoms with van der Waals surface area (Å²) in [5.41, 5.74) is 5.57. The Morgan fingerprint density at radius 3 is 2.47 bits per heavy atom. The Morgan fingerprint density at radius 2 is 1.88 bits per heavy atom. The van der Waals surface area contributed by atoms with Crippen LogP contribution in [0.1, 0.15) is 33.1 Å². The molecule has 4 nitrogen and oxygen atoms in total. The van der Waals surface area contributed by atoms with Crippen LogP contribution in [0.5, 0.6) is 0 Å². The first-order valence-electron chi connectivity index (χ1n) is 6.94. The zero-order valence-electron chi connectivity index (χ0n) is 11.3. The monoisotopic (exact) mass is 241 g/mol. The van der Waals surface area contributed by atoms with Crippen molar-refractivity contribution in [2.45, 2.75) is 33.1 Å². The second-order valence-corrected chi connectivity index (χ2v) is 4.82. The van der Waals surface area contributed by atoms with Crippen LogP contribution >= 0.6 is 0 Å². The average molecular weight is 241 g/mol. The summed E-state index contributed by atoms with van der Waals surface area (Å²) in [6.07, 6.45) is 2.99. The van der Waals surface area contributed by atoms with Crippen LogP contribution in [0, 0.1) is 5.92 Å². The number of nitrogens with two attached hydrogens (primary N) is 1. The van der Waals surface area contributed by atoms with Crippen molar-refractivity contribution in [3.8, 4) is 0 Å². The zero-order valence-corrected chi connectivity index (χ0v) is 11.3. The van der Waals surface area contributed by atoms with Crippen molar-refractivity contribution in [1.82, 2.24) is 9.80 Å². The predicted molar refractivity (Wildman–Crippen MR) is 70.8 cm³/mol. The lowest BCUT2D eigenvalue weighted by Crippen LogP contribution is -2.39. The van der Waals surface area contributed by atoms with Gasteiger partial charge in [0.25, 0.3) is 0 Å². The maximum atomic E-state index is 12.3. The fraction of sp³-hybridized carbons (Fsp3) is 0.923. The second-order valence-electron chi connectivity index (χ2n) is 4.82. The van der Waals surface area contributed by atoms with E-state index in [1.165, 1.54) is 0 Å². The van der Waals surface area contributed by atoms with Crippen LogP contribution in [-0.4, -0.2) is 55.0 Å². The van der Waals surface area contributed by atoms with Crippen molar-refractivity contribution >= 4 is 5.91 Å². The summed E-state index contributed by atoms with van der Waals surface area (Å²) >= 11 is 0. The maximum absolute atomic E-state index is 12.3. The second kappa shape index (κ2) is 7.67. The van der Waals surface area contributed by atoms with Gasteiger partial charge in [0.1, 0.15) is 0 Å². The highest BCUT2D eigenvalue weighted by atomic mass is 16.2. The zero-order chi connectivity index (χ0) is 12.7. The van der Waals surface area contributed by atoms with E-state index in [0.29, 0.717) is 12.5 Å². The van der Waals surface area contributed by atoms with E-state index in [2.05, 4.69) is 18.7 Å². The van der Waals surface area contributed by atoms with E-state index in [9.17, 15) is 4.79 Å². The fourth-order valence-corrected chi connectivity index (χ4v) is 2.49. The number of carbonyl (C=O) groups excluding carboxylic acids is 1. The molecule has 1 saturated heterocycles. The summed E-state index contributed by atoms with van der Waals surface area (Å²) < 4.78 is 0. The van der Waals surface area contributed by atoms with E-state index in [-0.39, 0.29) is 5.92 Å². The first-order valence-corrected chi connectivity index (χ1v) is 6.94. The molecule has 100 valence electrons. The predicted octanol–water partition coefficient (Wildman–Crippen LogP) is 0.916. The van der Waals surface area contributed by atoms with Crippen molar-refractivity contribution in [3.63, 3.8) is 0 Å². The molecule has 0 bridgehead atoms. The molecule has 1 aliphatic rings. The highest BCUT2D eigenvalue weighted by molar-refractivity contribution is 5.78. The molecule has 0 aromatic rings. The van der Waals surface area contributed by atoms with Gasteiger partial charge in [0.2, 0.25) is 5.91 Å². The number of amides is 1. The number of hydrogen-bond donors (Lipinski definition) is 1. The van der Waals surface area contributed by atoms with Gasteiger partial charge in [0, 0.05) is 38.6 Å². The van der Waals surface area contributed by atoms with E-state index in [0.717, 1.165) is 52.0 Å². The molecule has 0 unspecified atom stereocenters. The van der Waals surface area contributed by atoms with Crippen LogP contribution in [-0.2, 0) is 4.79 Å². The Balaban J connectivity index is 2.47. The van der Waals surface area contributed by atoms with Gasteiger partial charge < -0.3 is 15.5 Å². The standard InChI is InChI=1S/C13H27N3O/c1-3-12(4-2)13(17)16-8-5-7-15(9-6-14)10-11-16/h12H,3-11,14H2,1-2H3. The first kappa shape index (κ1) is 14.5. The molecule has 0 aromatic heterocycles. The minimum atomic E-state index is 0.219. The van der Waals surface area contributed by atoms with Gasteiger partial charge in [-0.25, -0.2) is 0 Å². The third-order valence-electron chi connectivity index (χ3n) is 3.68. The lowest BCUT2D eigenvalue weighted by Gasteiger charge is -2.25. The molecule has 0 saturated carbocycles. The van der Waals surface area contributed by atoms with Crippen molar-refractivity contribution in [2.24, 2.45) is 11.7 Å². The van der Waals surface area contributed by atoms with Gasteiger partial charge in [-0.05, 0) is 25.8 Å². The Morgan fingerprint density at radius 1 is 1.18 bits per heavy atom. The minimum Gasteiger partial charge on any atom is -0.341 e. The van der Waals surface area contributed by atoms with Crippen molar-refractivity contribution in [1.29, 1.82) is 0 Å². The van der Waals surface area contributed by atoms with Crippen molar-refractivity contribution in [3.05, 3.63) is 0 Å². The molecule has 0 aliphatic carbocycles. The minimum absolute atomic E-state index is 0.219. The third-order valence-corrected chi connectivity index (χ3v) is 3.68. The van der Waals surface area contributed by atoms with Gasteiger partial charge in [0.05, 0.1) is 0 Å². The highest BCUT2D eigenvalue weighted by Gasteiger charge is 2.23. The van der Waals surface area contributed by atoms with Gasteiger partial charge in [0.15, 0.2) is 0 Å². The molecule has 0 aromatic carbocycles. The SMILES string of the molecule is CCC(CC)C(=O)N1CCCN(CCN)CC1. The molecule has 1 fully saturated rings. The first-order chi connectivity index (χ1) is 8.22. The summed E-state index contributed by atoms with van der Waals surface area (Å²) in [4.78, 5) is 16.7. The molecular formula is C13H27N3O. The van der Waals surface area contributed by atoms with Gasteiger partial charge >= 0.3 is 0 Å². The van der Waals surface area contributed by atoms with Gasteiger partial charge in [-0.3, -0.25) is 4.79 Å². The highest BCUT2D eigenvalue weighted by Crippen LogP contribution is 2.13. The molecule has 1 rings (SSSR count). The molecule has 0 atom stereocenters. The molecule has 2 N–H and O–H groups in total. The smallest absolute Gasteiger partial charge is 0.225 e. The van der Waals surface area contributed by atoms with E-state index in [1.807, 2.05) is 4.90 Å². The molecule has 1 heterocycles. The molecule has 1 amide bonds. The average Bonchev–Trinajstić information content (AvgIpc) is 2.57. The van der Waals surface area contributed by atoms with E-state index >= 15 is 0 Å². The summed E-state index contributed by atoms with van der Waals surface area (Å²) in [6, 6.07) is 0. The van der Waals surface area contributed by atoms with Crippen LogP contribution in [0.15, 0.2) is 0 Å². The number of nitrogens with zero attached hydrogens (tertiary/aromatic N) is 2. The van der Waals surface area contributed by atoms with Gasteiger partial charge in [-0.2, -0.15) is 0 Å².